The van der Waals surface area contributed by atoms with Gasteiger partial charge in [0.05, 0.1) is 17.9 Å². The summed E-state index contributed by atoms with van der Waals surface area (Å²) in [6, 6.07) is 9.21. The van der Waals surface area contributed by atoms with E-state index in [1.54, 1.807) is 17.0 Å². The van der Waals surface area contributed by atoms with Crippen LogP contribution >= 0.6 is 0 Å². The van der Waals surface area contributed by atoms with Gasteiger partial charge in [-0.2, -0.15) is 13.2 Å². The van der Waals surface area contributed by atoms with Crippen LogP contribution in [0, 0.1) is 22.7 Å². The van der Waals surface area contributed by atoms with E-state index in [4.69, 9.17) is 16.0 Å². The van der Waals surface area contributed by atoms with Crippen molar-refractivity contribution in [3.05, 3.63) is 59.2 Å². The Morgan fingerprint density at radius 3 is 2.25 bits per heavy atom. The number of nitrogens with two attached hydrogens (primary N) is 1. The number of nitrogens with one attached hydrogen (secondary N) is 3. The first kappa shape index (κ1) is 32.7. The van der Waals surface area contributed by atoms with Gasteiger partial charge < -0.3 is 20.8 Å². The molecular formula is C31H40F3N7O3. The van der Waals surface area contributed by atoms with Crippen LogP contribution in [0.25, 0.3) is 0 Å². The van der Waals surface area contributed by atoms with Gasteiger partial charge in [0, 0.05) is 18.2 Å². The van der Waals surface area contributed by atoms with Gasteiger partial charge >= 0.3 is 12.2 Å². The summed E-state index contributed by atoms with van der Waals surface area (Å²) < 4.78 is 47.8. The number of alkyl halides is 3. The third-order valence-electron chi connectivity index (χ3n) is 8.30. The summed E-state index contributed by atoms with van der Waals surface area (Å²) in [5.41, 5.74) is -0.261. The number of amides is 3. The number of hydrogen-bond donors (Lipinski definition) is 4. The molecule has 0 unspecified atom stereocenters. The minimum absolute atomic E-state index is 0.112. The molecule has 2 aliphatic carbocycles. The standard InChI is InChI=1S/C31H40F3N7O3/c1-30(2,3)22-10-12-23(13-11-22)41(17-19-6-8-21(9-7-19)27(42)38-28(35)39-40-36)29(43)37-26-15-14-24(44-18-20-4-5-20)16-25(26)31(32,33)34/h6-9,14-16,20,22-23H,4-5,10-13,17-18H2,1-3H3,(H,37,43)(H4,35,36,38,39,42). The van der Waals surface area contributed by atoms with E-state index in [-0.39, 0.29) is 35.0 Å². The Hall–Kier alpha value is -4.16. The maximum atomic E-state index is 14.1. The van der Waals surface area contributed by atoms with Crippen molar-refractivity contribution in [1.29, 1.82) is 5.41 Å². The highest BCUT2D eigenvalue weighted by atomic mass is 19.4. The fraction of sp³-hybridized carbons (Fsp3) is 0.516. The number of guanidine groups is 1. The Bertz CT molecular complexity index is 1360. The largest absolute Gasteiger partial charge is 0.493 e. The number of nitrogens with zero attached hydrogens (tertiary/aromatic N) is 3. The molecule has 13 heteroatoms. The molecule has 2 aliphatic rings. The lowest BCUT2D eigenvalue weighted by Gasteiger charge is -2.41. The van der Waals surface area contributed by atoms with E-state index in [9.17, 15) is 22.8 Å². The van der Waals surface area contributed by atoms with Gasteiger partial charge in [0.2, 0.25) is 5.96 Å². The molecule has 0 heterocycles. The molecule has 0 aromatic heterocycles. The number of rotatable bonds is 8. The molecule has 0 spiro atoms. The van der Waals surface area contributed by atoms with Crippen molar-refractivity contribution in [2.75, 3.05) is 11.9 Å². The lowest BCUT2D eigenvalue weighted by Crippen LogP contribution is -2.45. The predicted molar refractivity (Wildman–Crippen MR) is 160 cm³/mol. The van der Waals surface area contributed by atoms with Crippen LogP contribution in [0.2, 0.25) is 0 Å². The second kappa shape index (κ2) is 13.6. The van der Waals surface area contributed by atoms with Crippen LogP contribution in [-0.2, 0) is 12.7 Å². The monoisotopic (exact) mass is 615 g/mol. The van der Waals surface area contributed by atoms with Gasteiger partial charge in [-0.3, -0.25) is 15.5 Å². The van der Waals surface area contributed by atoms with Gasteiger partial charge in [0.15, 0.2) is 0 Å². The zero-order valence-corrected chi connectivity index (χ0v) is 25.2. The predicted octanol–water partition coefficient (Wildman–Crippen LogP) is 7.12. The van der Waals surface area contributed by atoms with Crippen LogP contribution in [0.4, 0.5) is 23.7 Å². The summed E-state index contributed by atoms with van der Waals surface area (Å²) in [5, 5.41) is 18.5. The number of carbonyl (C=O) groups is 2. The third kappa shape index (κ3) is 8.93. The minimum atomic E-state index is -4.70. The van der Waals surface area contributed by atoms with Crippen molar-refractivity contribution in [3.8, 4) is 5.75 Å². The molecule has 44 heavy (non-hydrogen) atoms. The van der Waals surface area contributed by atoms with Crippen LogP contribution in [-0.4, -0.2) is 35.4 Å². The number of ether oxygens (including phenoxy) is 1. The van der Waals surface area contributed by atoms with E-state index in [0.29, 0.717) is 36.8 Å². The highest BCUT2D eigenvalue weighted by Gasteiger charge is 2.37. The first-order chi connectivity index (χ1) is 20.7. The Kier molecular flexibility index (Phi) is 10.2. The lowest BCUT2D eigenvalue weighted by atomic mass is 9.71. The fourth-order valence-electron chi connectivity index (χ4n) is 5.48. The van der Waals surface area contributed by atoms with Gasteiger partial charge in [-0.15, -0.1) is 0 Å². The molecule has 0 aliphatic heterocycles. The fourth-order valence-corrected chi connectivity index (χ4v) is 5.48. The van der Waals surface area contributed by atoms with E-state index >= 15 is 0 Å². The van der Waals surface area contributed by atoms with Crippen LogP contribution in [0.15, 0.2) is 52.8 Å². The maximum Gasteiger partial charge on any atom is 0.418 e. The number of halogens is 3. The Morgan fingerprint density at radius 2 is 1.68 bits per heavy atom. The van der Waals surface area contributed by atoms with Gasteiger partial charge in [-0.1, -0.05) is 43.2 Å². The second-order valence-corrected chi connectivity index (χ2v) is 12.6. The summed E-state index contributed by atoms with van der Waals surface area (Å²) in [7, 11) is 0. The zero-order chi connectivity index (χ0) is 32.1. The highest BCUT2D eigenvalue weighted by Crippen LogP contribution is 2.41. The first-order valence-electron chi connectivity index (χ1n) is 14.8. The van der Waals surface area contributed by atoms with Gasteiger partial charge in [-0.25, -0.2) is 4.79 Å². The third-order valence-corrected chi connectivity index (χ3v) is 8.30. The smallest absolute Gasteiger partial charge is 0.418 e. The molecule has 0 atom stereocenters. The molecule has 2 aromatic rings. The summed E-state index contributed by atoms with van der Waals surface area (Å²) in [6.07, 6.45) is 0.539. The van der Waals surface area contributed by atoms with Crippen LogP contribution in [0.5, 0.6) is 5.75 Å². The SMILES string of the molecule is CC(C)(C)C1CCC(N(Cc2ccc(C(=O)NC(=N)N=NN)cc2)C(=O)Nc2ccc(OCC3CC3)cc2C(F)(F)F)CC1. The average Bonchev–Trinajstić information content (AvgIpc) is 3.79. The van der Waals surface area contributed by atoms with Crippen molar-refractivity contribution >= 4 is 23.6 Å². The number of carbonyl (C=O) groups excluding carboxylic acids is 2. The number of benzene rings is 2. The van der Waals surface area contributed by atoms with Crippen LogP contribution < -0.4 is 21.2 Å². The summed E-state index contributed by atoms with van der Waals surface area (Å²) in [5.74, 6) is 4.76. The molecule has 2 fully saturated rings. The Balaban J connectivity index is 1.54. The van der Waals surface area contributed by atoms with Crippen molar-refractivity contribution in [3.63, 3.8) is 0 Å². The quantitative estimate of drug-likeness (QED) is 0.0823. The second-order valence-electron chi connectivity index (χ2n) is 12.6. The molecule has 5 N–H and O–H groups in total. The van der Waals surface area contributed by atoms with Crippen molar-refractivity contribution in [1.82, 2.24) is 10.2 Å². The van der Waals surface area contributed by atoms with Crippen LogP contribution in [0.3, 0.4) is 0 Å². The van der Waals surface area contributed by atoms with E-state index in [0.717, 1.165) is 31.7 Å². The number of anilines is 1. The van der Waals surface area contributed by atoms with Gasteiger partial charge in [0.1, 0.15) is 5.75 Å². The normalized spacial score (nSPS) is 19.0. The molecular weight excluding hydrogens is 575 g/mol. The number of urea groups is 1. The van der Waals surface area contributed by atoms with Crippen molar-refractivity contribution in [2.45, 2.75) is 78.1 Å². The van der Waals surface area contributed by atoms with E-state index in [1.165, 1.54) is 24.3 Å². The van der Waals surface area contributed by atoms with E-state index in [1.807, 2.05) is 0 Å². The maximum absolute atomic E-state index is 14.1. The molecule has 3 amide bonds. The van der Waals surface area contributed by atoms with Gasteiger partial charge in [-0.05, 0) is 91.7 Å². The van der Waals surface area contributed by atoms with Crippen LogP contribution in [0.1, 0.15) is 80.8 Å². The Morgan fingerprint density at radius 1 is 1.02 bits per heavy atom. The average molecular weight is 616 g/mol. The van der Waals surface area contributed by atoms with E-state index < -0.39 is 29.6 Å². The Labute approximate surface area is 255 Å². The molecule has 0 radical (unpaired) electrons. The van der Waals surface area contributed by atoms with Crippen molar-refractivity contribution < 1.29 is 27.5 Å². The molecule has 2 aromatic carbocycles. The molecule has 238 valence electrons. The van der Waals surface area contributed by atoms with Gasteiger partial charge in [0.25, 0.3) is 5.91 Å². The summed E-state index contributed by atoms with van der Waals surface area (Å²) >= 11 is 0. The summed E-state index contributed by atoms with van der Waals surface area (Å²) in [6.45, 7) is 7.07. The lowest BCUT2D eigenvalue weighted by molar-refractivity contribution is -0.137. The zero-order valence-electron chi connectivity index (χ0n) is 25.2. The molecule has 2 saturated carbocycles. The summed E-state index contributed by atoms with van der Waals surface area (Å²) in [4.78, 5) is 27.7. The molecule has 10 nitrogen and oxygen atoms in total. The molecule has 0 saturated heterocycles. The van der Waals surface area contributed by atoms with E-state index in [2.05, 4.69) is 41.7 Å². The first-order valence-corrected chi connectivity index (χ1v) is 14.8. The topological polar surface area (TPSA) is 145 Å². The number of hydrogen-bond acceptors (Lipinski definition) is 5. The van der Waals surface area contributed by atoms with Crippen molar-refractivity contribution in [2.24, 2.45) is 33.4 Å². The molecule has 4 rings (SSSR count). The minimum Gasteiger partial charge on any atom is -0.493 e. The highest BCUT2D eigenvalue weighted by molar-refractivity contribution is 6.04. The molecule has 0 bridgehead atoms.